The van der Waals surface area contributed by atoms with Crippen molar-refractivity contribution < 1.29 is 9.59 Å². The van der Waals surface area contributed by atoms with Gasteiger partial charge in [-0.25, -0.2) is 4.68 Å². The Labute approximate surface area is 167 Å². The van der Waals surface area contributed by atoms with Crippen LogP contribution in [-0.4, -0.2) is 26.2 Å². The molecule has 0 atom stereocenters. The van der Waals surface area contributed by atoms with Crippen LogP contribution < -0.4 is 10.9 Å². The number of para-hydroxylation sites is 2. The molecule has 2 heterocycles. The maximum atomic E-state index is 12.7. The first-order valence-electron chi connectivity index (χ1n) is 9.37. The van der Waals surface area contributed by atoms with Gasteiger partial charge in [0, 0.05) is 24.1 Å². The van der Waals surface area contributed by atoms with Gasteiger partial charge in [-0.05, 0) is 24.6 Å². The highest BCUT2D eigenvalue weighted by Gasteiger charge is 2.19. The molecule has 0 unspecified atom stereocenters. The molecule has 0 saturated heterocycles. The highest BCUT2D eigenvalue weighted by atomic mass is 16.2. The number of benzene rings is 2. The second-order valence-corrected chi connectivity index (χ2v) is 6.68. The lowest BCUT2D eigenvalue weighted by Gasteiger charge is -2.09. The van der Waals surface area contributed by atoms with Crippen molar-refractivity contribution in [3.05, 3.63) is 83.8 Å². The van der Waals surface area contributed by atoms with Crippen molar-refractivity contribution in [1.29, 1.82) is 0 Å². The Kier molecular flexibility index (Phi) is 4.87. The van der Waals surface area contributed by atoms with Crippen LogP contribution in [0.5, 0.6) is 0 Å². The zero-order valence-corrected chi connectivity index (χ0v) is 16.2. The summed E-state index contributed by atoms with van der Waals surface area (Å²) in [6.45, 7) is 1.96. The monoisotopic (exact) mass is 387 g/mol. The van der Waals surface area contributed by atoms with E-state index < -0.39 is 5.91 Å². The minimum Gasteiger partial charge on any atom is -0.350 e. The minimum absolute atomic E-state index is 0.372. The molecule has 2 N–H and O–H groups in total. The van der Waals surface area contributed by atoms with E-state index in [0.29, 0.717) is 17.5 Å². The van der Waals surface area contributed by atoms with Gasteiger partial charge in [-0.1, -0.05) is 43.3 Å². The van der Waals surface area contributed by atoms with Gasteiger partial charge in [-0.15, -0.1) is 0 Å². The van der Waals surface area contributed by atoms with Crippen LogP contribution in [0.25, 0.3) is 16.6 Å². The zero-order valence-electron chi connectivity index (χ0n) is 16.2. The molecule has 2 aromatic heterocycles. The molecule has 0 aliphatic heterocycles. The highest BCUT2D eigenvalue weighted by Crippen LogP contribution is 2.20. The highest BCUT2D eigenvalue weighted by molar-refractivity contribution is 6.08. The van der Waals surface area contributed by atoms with Gasteiger partial charge < -0.3 is 4.57 Å². The normalized spacial score (nSPS) is 10.8. The number of aryl methyl sites for hydroxylation is 1. The van der Waals surface area contributed by atoms with Gasteiger partial charge in [0.2, 0.25) is 0 Å². The van der Waals surface area contributed by atoms with E-state index >= 15 is 0 Å². The van der Waals surface area contributed by atoms with Crippen LogP contribution in [0, 0.1) is 0 Å². The number of rotatable bonds is 4. The van der Waals surface area contributed by atoms with E-state index in [2.05, 4.69) is 16.0 Å². The zero-order chi connectivity index (χ0) is 20.4. The van der Waals surface area contributed by atoms with Crippen LogP contribution in [0.4, 0.5) is 0 Å². The lowest BCUT2D eigenvalue weighted by molar-refractivity contribution is 0.0847. The Bertz CT molecular complexity index is 1190. The van der Waals surface area contributed by atoms with Crippen molar-refractivity contribution in [2.24, 2.45) is 7.05 Å². The summed E-state index contributed by atoms with van der Waals surface area (Å²) in [7, 11) is 1.88. The summed E-state index contributed by atoms with van der Waals surface area (Å²) in [6, 6.07) is 17.2. The number of amides is 2. The van der Waals surface area contributed by atoms with E-state index in [9.17, 15) is 9.59 Å². The van der Waals surface area contributed by atoms with Crippen LogP contribution in [0.1, 0.15) is 33.3 Å². The van der Waals surface area contributed by atoms with Crippen LogP contribution in [0.3, 0.4) is 0 Å². The molecule has 2 aromatic carbocycles. The number of hydrogen-bond donors (Lipinski definition) is 2. The number of carbonyl (C=O) groups is 2. The molecule has 0 aliphatic rings. The second-order valence-electron chi connectivity index (χ2n) is 6.68. The largest absolute Gasteiger partial charge is 0.350 e. The standard InChI is InChI=1S/C22H21N5O2/c1-3-19-17(13-23-27(19)15-9-5-4-6-10-15)21(28)24-25-22(29)18-14-26(2)20-12-8-7-11-16(18)20/h4-14H,3H2,1-2H3,(H,24,28)(H,25,29). The smallest absolute Gasteiger partial charge is 0.273 e. The summed E-state index contributed by atoms with van der Waals surface area (Å²) in [4.78, 5) is 25.3. The Hall–Kier alpha value is -3.87. The van der Waals surface area contributed by atoms with Gasteiger partial charge in [0.1, 0.15) is 0 Å². The number of fused-ring (bicyclic) bond motifs is 1. The minimum atomic E-state index is -0.405. The van der Waals surface area contributed by atoms with E-state index in [-0.39, 0.29) is 5.91 Å². The third-order valence-corrected chi connectivity index (χ3v) is 4.88. The van der Waals surface area contributed by atoms with E-state index in [1.807, 2.05) is 73.1 Å². The Balaban J connectivity index is 1.53. The molecule has 7 heteroatoms. The maximum Gasteiger partial charge on any atom is 0.273 e. The predicted octanol–water partition coefficient (Wildman–Crippen LogP) is 3.00. The lowest BCUT2D eigenvalue weighted by Crippen LogP contribution is -2.41. The number of nitrogens with zero attached hydrogens (tertiary/aromatic N) is 3. The maximum absolute atomic E-state index is 12.7. The molecule has 0 radical (unpaired) electrons. The van der Waals surface area contributed by atoms with Crippen molar-refractivity contribution in [3.8, 4) is 5.69 Å². The molecule has 146 valence electrons. The summed E-state index contributed by atoms with van der Waals surface area (Å²) in [5.41, 5.74) is 8.54. The summed E-state index contributed by atoms with van der Waals surface area (Å²) < 4.78 is 3.62. The van der Waals surface area contributed by atoms with Gasteiger partial charge in [-0.2, -0.15) is 5.10 Å². The van der Waals surface area contributed by atoms with Gasteiger partial charge >= 0.3 is 0 Å². The average Bonchev–Trinajstić information content (AvgIpc) is 3.34. The quantitative estimate of drug-likeness (QED) is 0.528. The fraction of sp³-hybridized carbons (Fsp3) is 0.136. The van der Waals surface area contributed by atoms with Gasteiger partial charge in [0.25, 0.3) is 11.8 Å². The average molecular weight is 387 g/mol. The number of hydrogen-bond acceptors (Lipinski definition) is 3. The topological polar surface area (TPSA) is 81.0 Å². The first-order valence-corrected chi connectivity index (χ1v) is 9.37. The number of carbonyl (C=O) groups excluding carboxylic acids is 2. The molecular weight excluding hydrogens is 366 g/mol. The first kappa shape index (κ1) is 18.5. The molecule has 7 nitrogen and oxygen atoms in total. The third kappa shape index (κ3) is 3.38. The summed E-state index contributed by atoms with van der Waals surface area (Å²) in [5.74, 6) is -0.777. The molecule has 29 heavy (non-hydrogen) atoms. The van der Waals surface area contributed by atoms with E-state index in [1.165, 1.54) is 6.20 Å². The van der Waals surface area contributed by atoms with Crippen molar-refractivity contribution in [1.82, 2.24) is 25.2 Å². The molecule has 2 amide bonds. The summed E-state index contributed by atoms with van der Waals surface area (Å²) in [5, 5.41) is 5.17. The van der Waals surface area contributed by atoms with Crippen LogP contribution >= 0.6 is 0 Å². The number of aromatic nitrogens is 3. The first-order chi connectivity index (χ1) is 14.1. The number of hydrazine groups is 1. The summed E-state index contributed by atoms with van der Waals surface area (Å²) >= 11 is 0. The Morgan fingerprint density at radius 3 is 2.31 bits per heavy atom. The van der Waals surface area contributed by atoms with E-state index in [1.54, 1.807) is 10.9 Å². The molecule has 0 saturated carbocycles. The van der Waals surface area contributed by atoms with Crippen molar-refractivity contribution >= 4 is 22.7 Å². The molecule has 0 bridgehead atoms. The fourth-order valence-corrected chi connectivity index (χ4v) is 3.47. The van der Waals surface area contributed by atoms with Crippen LogP contribution in [-0.2, 0) is 13.5 Å². The fourth-order valence-electron chi connectivity index (χ4n) is 3.47. The predicted molar refractivity (Wildman–Crippen MR) is 111 cm³/mol. The SMILES string of the molecule is CCc1c(C(=O)NNC(=O)c2cn(C)c3ccccc23)cnn1-c1ccccc1. The van der Waals surface area contributed by atoms with Gasteiger partial charge in [0.05, 0.1) is 28.7 Å². The Morgan fingerprint density at radius 2 is 1.59 bits per heavy atom. The number of nitrogens with one attached hydrogen (secondary N) is 2. The van der Waals surface area contributed by atoms with Gasteiger partial charge in [-0.3, -0.25) is 20.4 Å². The van der Waals surface area contributed by atoms with Gasteiger partial charge in [0.15, 0.2) is 0 Å². The van der Waals surface area contributed by atoms with Crippen molar-refractivity contribution in [2.75, 3.05) is 0 Å². The Morgan fingerprint density at radius 1 is 0.931 bits per heavy atom. The van der Waals surface area contributed by atoms with Crippen molar-refractivity contribution in [3.63, 3.8) is 0 Å². The van der Waals surface area contributed by atoms with E-state index in [0.717, 1.165) is 22.3 Å². The second kappa shape index (κ2) is 7.63. The third-order valence-electron chi connectivity index (χ3n) is 4.88. The van der Waals surface area contributed by atoms with Crippen LogP contribution in [0.2, 0.25) is 0 Å². The summed E-state index contributed by atoms with van der Waals surface area (Å²) in [6.07, 6.45) is 3.89. The molecular formula is C22H21N5O2. The van der Waals surface area contributed by atoms with E-state index in [4.69, 9.17) is 0 Å². The lowest BCUT2D eigenvalue weighted by atomic mass is 10.1. The van der Waals surface area contributed by atoms with Crippen LogP contribution in [0.15, 0.2) is 67.0 Å². The molecule has 0 spiro atoms. The van der Waals surface area contributed by atoms with Crippen molar-refractivity contribution in [2.45, 2.75) is 13.3 Å². The molecule has 0 fully saturated rings. The molecule has 0 aliphatic carbocycles. The molecule has 4 aromatic rings. The molecule has 4 rings (SSSR count).